The van der Waals surface area contributed by atoms with E-state index in [9.17, 15) is 0 Å². The second-order valence-electron chi connectivity index (χ2n) is 2.46. The van der Waals surface area contributed by atoms with Crippen LogP contribution in [0.3, 0.4) is 0 Å². The normalized spacial score (nSPS) is 10.1. The predicted octanol–water partition coefficient (Wildman–Crippen LogP) is 0.837. The van der Waals surface area contributed by atoms with Crippen LogP contribution in [-0.4, -0.2) is 21.8 Å². The maximum absolute atomic E-state index is 8.88. The summed E-state index contributed by atoms with van der Waals surface area (Å²) >= 11 is 5.23. The molecule has 0 amide bonds. The summed E-state index contributed by atoms with van der Waals surface area (Å²) < 4.78 is 13.9. The standard InChI is InChI=1S/C7H9ClN2O.H3O4P/c1-11-7-4-2-3-6(5-7)9-10-8;1-5(2,3)4/h2-5,9-10H,1H3;(H3,1,2,3,4). The second kappa shape index (κ2) is 7.45. The quantitative estimate of drug-likeness (QED) is 0.314. The minimum Gasteiger partial charge on any atom is -0.497 e. The van der Waals surface area contributed by atoms with E-state index in [-0.39, 0.29) is 0 Å². The van der Waals surface area contributed by atoms with Crippen molar-refractivity contribution in [1.82, 2.24) is 4.94 Å². The molecule has 0 fully saturated rings. The Bertz CT molecular complexity index is 350. The lowest BCUT2D eigenvalue weighted by molar-refractivity contribution is 0.275. The number of phosphoric acid groups is 1. The molecule has 0 saturated heterocycles. The summed E-state index contributed by atoms with van der Waals surface area (Å²) in [5, 5.41) is 0. The average molecular weight is 271 g/mol. The first-order valence-electron chi connectivity index (χ1n) is 3.91. The zero-order valence-corrected chi connectivity index (χ0v) is 9.94. The van der Waals surface area contributed by atoms with Crippen LogP contribution in [0.15, 0.2) is 24.3 Å². The third-order valence-corrected chi connectivity index (χ3v) is 1.36. The fourth-order valence-electron chi connectivity index (χ4n) is 0.755. The van der Waals surface area contributed by atoms with Crippen molar-refractivity contribution in [2.24, 2.45) is 0 Å². The molecule has 7 nitrogen and oxygen atoms in total. The van der Waals surface area contributed by atoms with E-state index in [0.717, 1.165) is 11.4 Å². The summed E-state index contributed by atoms with van der Waals surface area (Å²) in [7, 11) is -3.02. The second-order valence-corrected chi connectivity index (χ2v) is 3.68. The molecule has 0 unspecified atom stereocenters. The Hall–Kier alpha value is -0.820. The van der Waals surface area contributed by atoms with Gasteiger partial charge in [-0.25, -0.2) is 4.57 Å². The van der Waals surface area contributed by atoms with Crippen LogP contribution in [-0.2, 0) is 4.57 Å². The van der Waals surface area contributed by atoms with Gasteiger partial charge < -0.3 is 24.8 Å². The molecular weight excluding hydrogens is 259 g/mol. The molecule has 5 N–H and O–H groups in total. The SMILES string of the molecule is COc1cccc(NNCl)c1.O=P(O)(O)O. The van der Waals surface area contributed by atoms with Crippen molar-refractivity contribution < 1.29 is 24.0 Å². The van der Waals surface area contributed by atoms with E-state index >= 15 is 0 Å². The average Bonchev–Trinajstić information content (AvgIpc) is 2.16. The van der Waals surface area contributed by atoms with Gasteiger partial charge >= 0.3 is 7.82 Å². The number of hydrazine groups is 1. The van der Waals surface area contributed by atoms with Crippen LogP contribution in [0, 0.1) is 0 Å². The molecule has 1 aromatic rings. The van der Waals surface area contributed by atoms with Crippen molar-refractivity contribution in [3.05, 3.63) is 24.3 Å². The maximum Gasteiger partial charge on any atom is 0.466 e. The number of hydrogen-bond acceptors (Lipinski definition) is 4. The monoisotopic (exact) mass is 270 g/mol. The van der Waals surface area contributed by atoms with Crippen molar-refractivity contribution in [1.29, 1.82) is 0 Å². The molecule has 16 heavy (non-hydrogen) atoms. The van der Waals surface area contributed by atoms with Crippen LogP contribution >= 0.6 is 19.6 Å². The zero-order chi connectivity index (χ0) is 12.6. The summed E-state index contributed by atoms with van der Waals surface area (Å²) in [6, 6.07) is 7.43. The molecule has 0 radical (unpaired) electrons. The van der Waals surface area contributed by atoms with Gasteiger partial charge in [-0.3, -0.25) is 0 Å². The molecule has 0 aliphatic carbocycles. The number of rotatable bonds is 3. The first-order chi connectivity index (χ1) is 7.36. The third-order valence-electron chi connectivity index (χ3n) is 1.26. The van der Waals surface area contributed by atoms with Gasteiger partial charge in [-0.1, -0.05) is 6.07 Å². The molecule has 0 aliphatic rings. The van der Waals surface area contributed by atoms with Crippen molar-refractivity contribution in [2.75, 3.05) is 12.5 Å². The van der Waals surface area contributed by atoms with Crippen LogP contribution in [0.1, 0.15) is 0 Å². The van der Waals surface area contributed by atoms with Gasteiger partial charge in [-0.15, -0.1) is 4.94 Å². The van der Waals surface area contributed by atoms with Gasteiger partial charge in [-0.05, 0) is 23.9 Å². The molecule has 0 saturated carbocycles. The fraction of sp³-hybridized carbons (Fsp3) is 0.143. The van der Waals surface area contributed by atoms with Crippen molar-refractivity contribution >= 4 is 25.3 Å². The van der Waals surface area contributed by atoms with Crippen LogP contribution in [0.4, 0.5) is 5.69 Å². The Balaban J connectivity index is 0.000000385. The highest BCUT2D eigenvalue weighted by Gasteiger charge is 2.00. The Morgan fingerprint density at radius 2 is 1.94 bits per heavy atom. The first kappa shape index (κ1) is 15.2. The number of anilines is 1. The van der Waals surface area contributed by atoms with Crippen molar-refractivity contribution in [3.8, 4) is 5.75 Å². The smallest absolute Gasteiger partial charge is 0.466 e. The van der Waals surface area contributed by atoms with Gasteiger partial charge in [0.1, 0.15) is 5.75 Å². The highest BCUT2D eigenvalue weighted by molar-refractivity contribution is 7.45. The number of hydrogen-bond donors (Lipinski definition) is 5. The Morgan fingerprint density at radius 3 is 2.38 bits per heavy atom. The maximum atomic E-state index is 8.88. The highest BCUT2D eigenvalue weighted by atomic mass is 35.5. The Kier molecular flexibility index (Phi) is 7.07. The summed E-state index contributed by atoms with van der Waals surface area (Å²) in [6.07, 6.45) is 0. The molecule has 0 bridgehead atoms. The van der Waals surface area contributed by atoms with Gasteiger partial charge in [0.05, 0.1) is 12.8 Å². The van der Waals surface area contributed by atoms with E-state index in [1.807, 2.05) is 24.3 Å². The van der Waals surface area contributed by atoms with E-state index in [4.69, 9.17) is 35.8 Å². The van der Waals surface area contributed by atoms with Gasteiger partial charge in [-0.2, -0.15) is 0 Å². The topological polar surface area (TPSA) is 111 Å². The summed E-state index contributed by atoms with van der Waals surface area (Å²) in [6.45, 7) is 0. The first-order valence-corrected chi connectivity index (χ1v) is 5.85. The number of methoxy groups -OCH3 is 1. The van der Waals surface area contributed by atoms with E-state index in [1.165, 1.54) is 0 Å². The van der Waals surface area contributed by atoms with E-state index in [0.29, 0.717) is 0 Å². The molecule has 1 rings (SSSR count). The summed E-state index contributed by atoms with van der Waals surface area (Å²) in [5.74, 6) is 0.793. The lowest BCUT2D eigenvalue weighted by atomic mass is 10.3. The molecule has 9 heteroatoms. The number of nitrogens with one attached hydrogen (secondary N) is 2. The van der Waals surface area contributed by atoms with Gasteiger partial charge in [0.2, 0.25) is 0 Å². The van der Waals surface area contributed by atoms with Crippen molar-refractivity contribution in [3.63, 3.8) is 0 Å². The number of benzene rings is 1. The molecule has 0 aliphatic heterocycles. The van der Waals surface area contributed by atoms with Gasteiger partial charge in [0, 0.05) is 6.07 Å². The van der Waals surface area contributed by atoms with E-state index in [2.05, 4.69) is 10.4 Å². The molecular formula is C7H12ClN2O5P. The zero-order valence-electron chi connectivity index (χ0n) is 8.29. The number of ether oxygens (including phenoxy) is 1. The minimum atomic E-state index is -4.64. The van der Waals surface area contributed by atoms with Crippen molar-refractivity contribution in [2.45, 2.75) is 0 Å². The molecule has 0 spiro atoms. The van der Waals surface area contributed by atoms with Crippen LogP contribution in [0.5, 0.6) is 5.75 Å². The van der Waals surface area contributed by atoms with Crippen LogP contribution < -0.4 is 15.1 Å². The summed E-state index contributed by atoms with van der Waals surface area (Å²) in [4.78, 5) is 23.9. The van der Waals surface area contributed by atoms with Crippen LogP contribution in [0.2, 0.25) is 0 Å². The number of halogens is 1. The molecule has 92 valence electrons. The lowest BCUT2D eigenvalue weighted by Gasteiger charge is -2.03. The summed E-state index contributed by atoms with van der Waals surface area (Å²) in [5.41, 5.74) is 3.58. The Labute approximate surface area is 97.3 Å². The third kappa shape index (κ3) is 9.72. The molecule has 1 aromatic carbocycles. The fourth-order valence-corrected chi connectivity index (χ4v) is 0.864. The van der Waals surface area contributed by atoms with Crippen LogP contribution in [0.25, 0.3) is 0 Å². The van der Waals surface area contributed by atoms with Gasteiger partial charge in [0.15, 0.2) is 0 Å². The minimum absolute atomic E-state index is 0.793. The highest BCUT2D eigenvalue weighted by Crippen LogP contribution is 2.25. The lowest BCUT2D eigenvalue weighted by Crippen LogP contribution is -2.08. The van der Waals surface area contributed by atoms with Gasteiger partial charge in [0.25, 0.3) is 0 Å². The molecule has 0 atom stereocenters. The predicted molar refractivity (Wildman–Crippen MR) is 59.9 cm³/mol. The largest absolute Gasteiger partial charge is 0.497 e. The van der Waals surface area contributed by atoms with E-state index < -0.39 is 7.82 Å². The molecule has 0 heterocycles. The Morgan fingerprint density at radius 1 is 1.38 bits per heavy atom. The van der Waals surface area contributed by atoms with E-state index in [1.54, 1.807) is 7.11 Å². The molecule has 0 aromatic heterocycles.